The Hall–Kier alpha value is -0.490. The lowest BCUT2D eigenvalue weighted by Crippen LogP contribution is -2.47. The van der Waals surface area contributed by atoms with E-state index in [0.29, 0.717) is 12.0 Å². The van der Waals surface area contributed by atoms with Crippen LogP contribution in [0.3, 0.4) is 0 Å². The van der Waals surface area contributed by atoms with Gasteiger partial charge in [-0.25, -0.2) is 0 Å². The average Bonchev–Trinajstić information content (AvgIpc) is 3.24. The minimum atomic E-state index is 0. The summed E-state index contributed by atoms with van der Waals surface area (Å²) in [4.78, 5) is 6.88. The topological polar surface area (TPSA) is 27.6 Å². The third-order valence-corrected chi connectivity index (χ3v) is 4.79. The molecule has 3 nitrogen and oxygen atoms in total. The highest BCUT2D eigenvalue weighted by atomic mass is 127. The quantitative estimate of drug-likeness (QED) is 0.432. The van der Waals surface area contributed by atoms with Crippen molar-refractivity contribution in [2.45, 2.75) is 38.1 Å². The third-order valence-electron chi connectivity index (χ3n) is 4.55. The summed E-state index contributed by atoms with van der Waals surface area (Å²) in [6.45, 7) is 4.57. The summed E-state index contributed by atoms with van der Waals surface area (Å²) in [5, 5.41) is 4.46. The zero-order chi connectivity index (χ0) is 14.8. The monoisotopic (exact) mass is 433 g/mol. The molecule has 3 atom stereocenters. The Morgan fingerprint density at radius 3 is 2.91 bits per heavy atom. The van der Waals surface area contributed by atoms with Crippen LogP contribution >= 0.6 is 35.6 Å². The van der Waals surface area contributed by atoms with Gasteiger partial charge in [-0.05, 0) is 42.9 Å². The summed E-state index contributed by atoms with van der Waals surface area (Å²) in [6.07, 6.45) is 3.77. The smallest absolute Gasteiger partial charge is 0.193 e. The number of nitrogens with one attached hydrogen (secondary N) is 1. The van der Waals surface area contributed by atoms with Gasteiger partial charge in [0.05, 0.1) is 0 Å². The van der Waals surface area contributed by atoms with Crippen LogP contribution in [0.5, 0.6) is 0 Å². The van der Waals surface area contributed by atoms with E-state index in [1.54, 1.807) is 0 Å². The molecule has 1 aliphatic carbocycles. The number of piperidine rings is 1. The van der Waals surface area contributed by atoms with Crippen molar-refractivity contribution in [3.8, 4) is 0 Å². The van der Waals surface area contributed by atoms with E-state index in [2.05, 4.69) is 34.3 Å². The molecule has 1 saturated heterocycles. The fourth-order valence-electron chi connectivity index (χ4n) is 3.31. The van der Waals surface area contributed by atoms with Crippen LogP contribution < -0.4 is 5.32 Å². The summed E-state index contributed by atoms with van der Waals surface area (Å²) in [5.74, 6) is 2.40. The van der Waals surface area contributed by atoms with E-state index in [1.165, 1.54) is 24.8 Å². The number of guanidine groups is 1. The second kappa shape index (κ2) is 7.86. The molecule has 1 N–H and O–H groups in total. The molecule has 2 aliphatic rings. The van der Waals surface area contributed by atoms with Gasteiger partial charge in [0.15, 0.2) is 5.96 Å². The molecule has 0 radical (unpaired) electrons. The first kappa shape index (κ1) is 17.9. The lowest BCUT2D eigenvalue weighted by Gasteiger charge is -2.33. The number of benzene rings is 1. The molecule has 1 aromatic rings. The van der Waals surface area contributed by atoms with Crippen LogP contribution in [0.1, 0.15) is 37.7 Å². The maximum absolute atomic E-state index is 6.08. The van der Waals surface area contributed by atoms with Gasteiger partial charge in [0.1, 0.15) is 0 Å². The average molecular weight is 434 g/mol. The van der Waals surface area contributed by atoms with E-state index < -0.39 is 0 Å². The number of halogens is 2. The van der Waals surface area contributed by atoms with Crippen LogP contribution in [0.25, 0.3) is 0 Å². The van der Waals surface area contributed by atoms with Gasteiger partial charge in [-0.2, -0.15) is 0 Å². The number of likely N-dealkylation sites (tertiary alicyclic amines) is 1. The van der Waals surface area contributed by atoms with Gasteiger partial charge in [-0.1, -0.05) is 30.7 Å². The zero-order valence-electron chi connectivity index (χ0n) is 13.3. The number of nitrogens with zero attached hydrogens (tertiary/aromatic N) is 2. The molecule has 2 fully saturated rings. The van der Waals surface area contributed by atoms with Gasteiger partial charge in [0.2, 0.25) is 0 Å². The Balaban J connectivity index is 0.00000176. The lowest BCUT2D eigenvalue weighted by atomic mass is 10.0. The fraction of sp³-hybridized carbons (Fsp3) is 0.588. The molecule has 3 rings (SSSR count). The molecule has 1 saturated carbocycles. The van der Waals surface area contributed by atoms with Gasteiger partial charge >= 0.3 is 0 Å². The molecule has 0 bridgehead atoms. The van der Waals surface area contributed by atoms with Crippen molar-refractivity contribution in [1.82, 2.24) is 10.2 Å². The molecule has 0 spiro atoms. The van der Waals surface area contributed by atoms with Crippen molar-refractivity contribution < 1.29 is 0 Å². The number of aliphatic imine (C=N–C) groups is 1. The molecular formula is C17H25ClIN3. The maximum atomic E-state index is 6.08. The van der Waals surface area contributed by atoms with Gasteiger partial charge in [0, 0.05) is 37.1 Å². The summed E-state index contributed by atoms with van der Waals surface area (Å²) in [5.41, 5.74) is 1.34. The van der Waals surface area contributed by atoms with Crippen LogP contribution in [0.15, 0.2) is 29.3 Å². The fourth-order valence-corrected chi connectivity index (χ4v) is 3.50. The normalized spacial score (nSPS) is 28.0. The van der Waals surface area contributed by atoms with Crippen LogP contribution in [0.4, 0.5) is 0 Å². The maximum Gasteiger partial charge on any atom is 0.193 e. The lowest BCUT2D eigenvalue weighted by molar-refractivity contribution is 0.265. The Morgan fingerprint density at radius 2 is 2.23 bits per heavy atom. The predicted molar refractivity (Wildman–Crippen MR) is 104 cm³/mol. The number of rotatable bonds is 2. The van der Waals surface area contributed by atoms with E-state index in [1.807, 2.05) is 19.2 Å². The first-order valence-electron chi connectivity index (χ1n) is 7.91. The SMILES string of the molecule is CN=C(NC1CC1c1cccc(Cl)c1)N1CCCC(C)C1.I. The van der Waals surface area contributed by atoms with Crippen molar-refractivity contribution in [2.75, 3.05) is 20.1 Å². The molecule has 5 heteroatoms. The van der Waals surface area contributed by atoms with E-state index in [-0.39, 0.29) is 24.0 Å². The number of hydrogen-bond acceptors (Lipinski definition) is 1. The highest BCUT2D eigenvalue weighted by molar-refractivity contribution is 14.0. The predicted octanol–water partition coefficient (Wildman–Crippen LogP) is 4.12. The van der Waals surface area contributed by atoms with Gasteiger partial charge in [0.25, 0.3) is 0 Å². The Labute approximate surface area is 155 Å². The van der Waals surface area contributed by atoms with Crippen molar-refractivity contribution in [3.05, 3.63) is 34.9 Å². The first-order chi connectivity index (χ1) is 10.2. The van der Waals surface area contributed by atoms with Crippen LogP contribution in [-0.2, 0) is 0 Å². The van der Waals surface area contributed by atoms with Crippen LogP contribution in [0, 0.1) is 5.92 Å². The van der Waals surface area contributed by atoms with Gasteiger partial charge in [-0.15, -0.1) is 24.0 Å². The van der Waals surface area contributed by atoms with Gasteiger partial charge < -0.3 is 10.2 Å². The molecule has 22 heavy (non-hydrogen) atoms. The molecule has 122 valence electrons. The second-order valence-electron chi connectivity index (χ2n) is 6.39. The Morgan fingerprint density at radius 1 is 1.41 bits per heavy atom. The standard InChI is InChI=1S/C17H24ClN3.HI/c1-12-5-4-8-21(11-12)17(19-2)20-16-10-15(16)13-6-3-7-14(18)9-13;/h3,6-7,9,12,15-16H,4-5,8,10-11H2,1-2H3,(H,19,20);1H. The van der Waals surface area contributed by atoms with Crippen molar-refractivity contribution >= 4 is 41.5 Å². The zero-order valence-corrected chi connectivity index (χ0v) is 16.3. The summed E-state index contributed by atoms with van der Waals surface area (Å²) >= 11 is 6.08. The van der Waals surface area contributed by atoms with E-state index in [9.17, 15) is 0 Å². The molecule has 3 unspecified atom stereocenters. The second-order valence-corrected chi connectivity index (χ2v) is 6.83. The highest BCUT2D eigenvalue weighted by Crippen LogP contribution is 2.41. The molecule has 1 aliphatic heterocycles. The molecule has 0 aromatic heterocycles. The molecule has 1 heterocycles. The first-order valence-corrected chi connectivity index (χ1v) is 8.29. The summed E-state index contributed by atoms with van der Waals surface area (Å²) < 4.78 is 0. The molecular weight excluding hydrogens is 409 g/mol. The van der Waals surface area contributed by atoms with E-state index in [0.717, 1.165) is 30.0 Å². The van der Waals surface area contributed by atoms with Crippen molar-refractivity contribution in [2.24, 2.45) is 10.9 Å². The summed E-state index contributed by atoms with van der Waals surface area (Å²) in [7, 11) is 1.89. The van der Waals surface area contributed by atoms with Crippen LogP contribution in [-0.4, -0.2) is 37.0 Å². The van der Waals surface area contributed by atoms with Crippen LogP contribution in [0.2, 0.25) is 5.02 Å². The van der Waals surface area contributed by atoms with E-state index in [4.69, 9.17) is 11.6 Å². The number of hydrogen-bond donors (Lipinski definition) is 1. The minimum absolute atomic E-state index is 0. The Bertz CT molecular complexity index is 534. The minimum Gasteiger partial charge on any atom is -0.353 e. The summed E-state index contributed by atoms with van der Waals surface area (Å²) in [6, 6.07) is 8.72. The largest absolute Gasteiger partial charge is 0.353 e. The van der Waals surface area contributed by atoms with Crippen molar-refractivity contribution in [1.29, 1.82) is 0 Å². The molecule has 1 aromatic carbocycles. The molecule has 0 amide bonds. The van der Waals surface area contributed by atoms with Crippen molar-refractivity contribution in [3.63, 3.8) is 0 Å². The van der Waals surface area contributed by atoms with Gasteiger partial charge in [-0.3, -0.25) is 4.99 Å². The third kappa shape index (κ3) is 4.28. The van der Waals surface area contributed by atoms with E-state index >= 15 is 0 Å². The Kier molecular flexibility index (Phi) is 6.38. The highest BCUT2D eigenvalue weighted by Gasteiger charge is 2.39.